The molecule has 0 aliphatic carbocycles. The van der Waals surface area contributed by atoms with Gasteiger partial charge in [0.25, 0.3) is 0 Å². The number of piperazine rings is 1. The Morgan fingerprint density at radius 3 is 2.89 bits per heavy atom. The number of rotatable bonds is 4. The molecule has 1 fully saturated rings. The third kappa shape index (κ3) is 3.23. The largest absolute Gasteiger partial charge is 0.496 e. The average Bonchev–Trinajstić information content (AvgIpc) is 2.38. The number of carbonyl (C=O) groups is 1. The molecule has 1 heterocycles. The number of methoxy groups -OCH3 is 1. The highest BCUT2D eigenvalue weighted by Gasteiger charge is 2.16. The first kappa shape index (κ1) is 12.9. The highest BCUT2D eigenvalue weighted by atomic mass is 16.5. The summed E-state index contributed by atoms with van der Waals surface area (Å²) in [5.41, 5.74) is 2.48. The van der Waals surface area contributed by atoms with Crippen molar-refractivity contribution in [1.29, 1.82) is 0 Å². The van der Waals surface area contributed by atoms with Gasteiger partial charge in [0.15, 0.2) is 0 Å². The minimum absolute atomic E-state index is 0.0894. The number of nitrogens with one attached hydrogen (secondary N) is 2. The van der Waals surface area contributed by atoms with Crippen LogP contribution < -0.4 is 15.4 Å². The zero-order chi connectivity index (χ0) is 13.0. The van der Waals surface area contributed by atoms with Crippen molar-refractivity contribution in [3.63, 3.8) is 0 Å². The van der Waals surface area contributed by atoms with Gasteiger partial charge in [0.05, 0.1) is 13.7 Å². The molecular formula is C14H20N2O2. The van der Waals surface area contributed by atoms with Crippen molar-refractivity contribution < 1.29 is 9.53 Å². The Balaban J connectivity index is 1.86. The summed E-state index contributed by atoms with van der Waals surface area (Å²) in [5, 5.41) is 6.12. The third-order valence-electron chi connectivity index (χ3n) is 3.34. The van der Waals surface area contributed by atoms with Gasteiger partial charge in [-0.1, -0.05) is 12.1 Å². The number of carbonyl (C=O) groups excluding carboxylic acids is 1. The molecule has 0 aromatic heterocycles. The van der Waals surface area contributed by atoms with Gasteiger partial charge in [-0.05, 0) is 37.0 Å². The predicted molar refractivity (Wildman–Crippen MR) is 70.9 cm³/mol. The van der Waals surface area contributed by atoms with Crippen LogP contribution in [0.3, 0.4) is 0 Å². The number of ether oxygens (including phenoxy) is 1. The van der Waals surface area contributed by atoms with Gasteiger partial charge in [-0.15, -0.1) is 0 Å². The molecule has 18 heavy (non-hydrogen) atoms. The van der Waals surface area contributed by atoms with E-state index in [1.54, 1.807) is 7.11 Å². The van der Waals surface area contributed by atoms with Gasteiger partial charge in [0, 0.05) is 12.6 Å². The Kier molecular flexibility index (Phi) is 4.20. The minimum atomic E-state index is 0.0894. The Morgan fingerprint density at radius 1 is 1.44 bits per heavy atom. The Labute approximate surface area is 108 Å². The van der Waals surface area contributed by atoms with E-state index >= 15 is 0 Å². The third-order valence-corrected chi connectivity index (χ3v) is 3.34. The minimum Gasteiger partial charge on any atom is -0.496 e. The van der Waals surface area contributed by atoms with E-state index in [-0.39, 0.29) is 5.91 Å². The van der Waals surface area contributed by atoms with Crippen molar-refractivity contribution in [3.05, 3.63) is 29.3 Å². The summed E-state index contributed by atoms with van der Waals surface area (Å²) in [6, 6.07) is 6.67. The molecule has 1 atom stereocenters. The fourth-order valence-corrected chi connectivity index (χ4v) is 2.25. The lowest BCUT2D eigenvalue weighted by atomic mass is 10.0. The maximum Gasteiger partial charge on any atom is 0.234 e. The van der Waals surface area contributed by atoms with Gasteiger partial charge in [-0.25, -0.2) is 0 Å². The van der Waals surface area contributed by atoms with Crippen molar-refractivity contribution in [2.24, 2.45) is 0 Å². The van der Waals surface area contributed by atoms with E-state index < -0.39 is 0 Å². The smallest absolute Gasteiger partial charge is 0.234 e. The second kappa shape index (κ2) is 5.87. The summed E-state index contributed by atoms with van der Waals surface area (Å²) < 4.78 is 5.25. The van der Waals surface area contributed by atoms with Crippen LogP contribution in [0.15, 0.2) is 18.2 Å². The van der Waals surface area contributed by atoms with Crippen LogP contribution in [-0.4, -0.2) is 32.1 Å². The van der Waals surface area contributed by atoms with Crippen LogP contribution in [-0.2, 0) is 11.2 Å². The molecule has 1 aromatic carbocycles. The van der Waals surface area contributed by atoms with E-state index in [9.17, 15) is 4.79 Å². The molecule has 4 heteroatoms. The summed E-state index contributed by atoms with van der Waals surface area (Å²) in [7, 11) is 1.69. The summed E-state index contributed by atoms with van der Waals surface area (Å²) >= 11 is 0. The molecule has 2 rings (SSSR count). The normalized spacial score (nSPS) is 19.4. The van der Waals surface area contributed by atoms with E-state index in [0.29, 0.717) is 12.6 Å². The number of aryl methyl sites for hydroxylation is 2. The molecule has 1 unspecified atom stereocenters. The summed E-state index contributed by atoms with van der Waals surface area (Å²) in [5.74, 6) is 1.02. The molecule has 0 spiro atoms. The van der Waals surface area contributed by atoms with Gasteiger partial charge in [0.2, 0.25) is 5.91 Å². The molecule has 98 valence electrons. The lowest BCUT2D eigenvalue weighted by molar-refractivity contribution is -0.121. The molecular weight excluding hydrogens is 228 g/mol. The maximum absolute atomic E-state index is 11.0. The molecule has 1 aliphatic rings. The second-order valence-electron chi connectivity index (χ2n) is 4.72. The molecule has 2 N–H and O–H groups in total. The highest BCUT2D eigenvalue weighted by Crippen LogP contribution is 2.19. The topological polar surface area (TPSA) is 50.4 Å². The van der Waals surface area contributed by atoms with Gasteiger partial charge in [0.1, 0.15) is 5.75 Å². The van der Waals surface area contributed by atoms with E-state index in [2.05, 4.69) is 29.7 Å². The van der Waals surface area contributed by atoms with Crippen molar-refractivity contribution in [2.75, 3.05) is 20.2 Å². The molecule has 1 aliphatic heterocycles. The van der Waals surface area contributed by atoms with E-state index in [0.717, 1.165) is 25.1 Å². The van der Waals surface area contributed by atoms with Crippen molar-refractivity contribution >= 4 is 5.91 Å². The van der Waals surface area contributed by atoms with Gasteiger partial charge >= 0.3 is 0 Å². The maximum atomic E-state index is 11.0. The van der Waals surface area contributed by atoms with E-state index in [1.165, 1.54) is 11.1 Å². The highest BCUT2D eigenvalue weighted by molar-refractivity contribution is 5.78. The quantitative estimate of drug-likeness (QED) is 0.836. The second-order valence-corrected chi connectivity index (χ2v) is 4.72. The SMILES string of the molecule is COc1ccc(CCC2CNC(=O)CN2)cc1C. The molecule has 4 nitrogen and oxygen atoms in total. The van der Waals surface area contributed by atoms with Crippen molar-refractivity contribution in [1.82, 2.24) is 10.6 Å². The van der Waals surface area contributed by atoms with Gasteiger partial charge in [-0.2, -0.15) is 0 Å². The molecule has 1 saturated heterocycles. The molecule has 1 amide bonds. The Hall–Kier alpha value is -1.55. The number of benzene rings is 1. The summed E-state index contributed by atoms with van der Waals surface area (Å²) in [6.07, 6.45) is 2.05. The van der Waals surface area contributed by atoms with Gasteiger partial charge in [-0.3, -0.25) is 4.79 Å². The summed E-state index contributed by atoms with van der Waals surface area (Å²) in [4.78, 5) is 11.0. The standard InChI is InChI=1S/C14H20N2O2/c1-10-7-11(4-6-13(10)18-2)3-5-12-8-16-14(17)9-15-12/h4,6-7,12,15H,3,5,8-9H2,1-2H3,(H,16,17). The fraction of sp³-hybridized carbons (Fsp3) is 0.500. The van der Waals surface area contributed by atoms with Gasteiger partial charge < -0.3 is 15.4 Å². The van der Waals surface area contributed by atoms with Crippen LogP contribution in [0.1, 0.15) is 17.5 Å². The molecule has 0 saturated carbocycles. The van der Waals surface area contributed by atoms with Crippen LogP contribution in [0.4, 0.5) is 0 Å². The first-order valence-corrected chi connectivity index (χ1v) is 6.32. The number of hydrogen-bond donors (Lipinski definition) is 2. The van der Waals surface area contributed by atoms with Crippen molar-refractivity contribution in [2.45, 2.75) is 25.8 Å². The van der Waals surface area contributed by atoms with Crippen LogP contribution >= 0.6 is 0 Å². The van der Waals surface area contributed by atoms with Crippen LogP contribution in [0.25, 0.3) is 0 Å². The monoisotopic (exact) mass is 248 g/mol. The first-order valence-electron chi connectivity index (χ1n) is 6.32. The van der Waals surface area contributed by atoms with E-state index in [4.69, 9.17) is 4.74 Å². The number of amides is 1. The lowest BCUT2D eigenvalue weighted by Crippen LogP contribution is -2.51. The molecule has 0 bridgehead atoms. The average molecular weight is 248 g/mol. The number of hydrogen-bond acceptors (Lipinski definition) is 3. The van der Waals surface area contributed by atoms with Crippen LogP contribution in [0, 0.1) is 6.92 Å². The molecule has 0 radical (unpaired) electrons. The Bertz CT molecular complexity index is 422. The first-order chi connectivity index (χ1) is 8.69. The lowest BCUT2D eigenvalue weighted by Gasteiger charge is -2.24. The zero-order valence-electron chi connectivity index (χ0n) is 11.0. The van der Waals surface area contributed by atoms with Crippen LogP contribution in [0.5, 0.6) is 5.75 Å². The summed E-state index contributed by atoms with van der Waals surface area (Å²) in [6.45, 7) is 3.22. The van der Waals surface area contributed by atoms with Crippen LogP contribution in [0.2, 0.25) is 0 Å². The van der Waals surface area contributed by atoms with Crippen molar-refractivity contribution in [3.8, 4) is 5.75 Å². The Morgan fingerprint density at radius 2 is 2.28 bits per heavy atom. The van der Waals surface area contributed by atoms with E-state index in [1.807, 2.05) is 6.07 Å². The predicted octanol–water partition coefficient (Wildman–Crippen LogP) is 1.02. The fourth-order valence-electron chi connectivity index (χ4n) is 2.25. The molecule has 1 aromatic rings. The zero-order valence-corrected chi connectivity index (χ0v) is 11.0.